The fourth-order valence-corrected chi connectivity index (χ4v) is 5.65. The van der Waals surface area contributed by atoms with Crippen LogP contribution < -0.4 is 0 Å². The molecule has 37 heavy (non-hydrogen) atoms. The summed E-state index contributed by atoms with van der Waals surface area (Å²) in [5, 5.41) is 20.4. The van der Waals surface area contributed by atoms with Crippen LogP contribution in [-0.4, -0.2) is 55.8 Å². The third-order valence-corrected chi connectivity index (χ3v) is 7.35. The molecular formula is C24H22FN7O4S. The summed E-state index contributed by atoms with van der Waals surface area (Å²) in [6.07, 6.45) is -4.58. The molecular weight excluding hydrogens is 501 g/mol. The molecule has 0 aliphatic carbocycles. The summed E-state index contributed by atoms with van der Waals surface area (Å²) in [6.45, 7) is 3.63. The van der Waals surface area contributed by atoms with Gasteiger partial charge >= 0.3 is 0 Å². The van der Waals surface area contributed by atoms with E-state index in [1.54, 1.807) is 13.0 Å². The molecule has 0 amide bonds. The van der Waals surface area contributed by atoms with Gasteiger partial charge in [0.15, 0.2) is 17.9 Å². The highest BCUT2D eigenvalue weighted by Crippen LogP contribution is 2.40. The van der Waals surface area contributed by atoms with Gasteiger partial charge in [0, 0.05) is 16.5 Å². The number of hydrogen-bond acceptors (Lipinski definition) is 9. The second-order valence-corrected chi connectivity index (χ2v) is 10.1. The van der Waals surface area contributed by atoms with Crippen molar-refractivity contribution in [1.29, 1.82) is 0 Å². The zero-order chi connectivity index (χ0) is 25.7. The van der Waals surface area contributed by atoms with E-state index in [2.05, 4.69) is 25.1 Å². The van der Waals surface area contributed by atoms with Gasteiger partial charge in [-0.1, -0.05) is 35.4 Å². The van der Waals surface area contributed by atoms with E-state index < -0.39 is 42.6 Å². The first kappa shape index (κ1) is 23.9. The van der Waals surface area contributed by atoms with Crippen LogP contribution in [0.25, 0.3) is 26.3 Å². The molecule has 0 bridgehead atoms. The minimum atomic E-state index is -1.34. The number of halogens is 1. The number of aliphatic hydroxyl groups is 1. The number of rotatable bonds is 4. The van der Waals surface area contributed by atoms with E-state index in [1.165, 1.54) is 22.1 Å². The Kier molecular flexibility index (Phi) is 6.11. The van der Waals surface area contributed by atoms with Crippen molar-refractivity contribution in [3.8, 4) is 5.69 Å². The summed E-state index contributed by atoms with van der Waals surface area (Å²) in [7, 11) is 0. The van der Waals surface area contributed by atoms with Crippen molar-refractivity contribution in [2.24, 2.45) is 5.11 Å². The predicted molar refractivity (Wildman–Crippen MR) is 131 cm³/mol. The Labute approximate surface area is 214 Å². The first-order valence-corrected chi connectivity index (χ1v) is 12.4. The molecule has 2 aliphatic rings. The van der Waals surface area contributed by atoms with Crippen molar-refractivity contribution in [3.63, 3.8) is 0 Å². The lowest BCUT2D eigenvalue weighted by atomic mass is 9.91. The summed E-state index contributed by atoms with van der Waals surface area (Å²) in [4.78, 5) is 11.7. The van der Waals surface area contributed by atoms with Crippen molar-refractivity contribution in [1.82, 2.24) is 19.7 Å². The highest BCUT2D eigenvalue weighted by atomic mass is 32.1. The van der Waals surface area contributed by atoms with Crippen molar-refractivity contribution < 1.29 is 23.7 Å². The van der Waals surface area contributed by atoms with Crippen LogP contribution in [0.3, 0.4) is 0 Å². The second kappa shape index (κ2) is 9.45. The highest BCUT2D eigenvalue weighted by molar-refractivity contribution is 7.18. The van der Waals surface area contributed by atoms with Gasteiger partial charge in [-0.3, -0.25) is 0 Å². The molecule has 2 fully saturated rings. The SMILES string of the molecule is Cc1nc([C@@H]2O[C@@H]3COC(c4ccccc4)O[C@@H]3[C@H](N=[N+]=[N-])[C@H]2O)n(-c2cc3sc(C)nc3cc2F)n1. The van der Waals surface area contributed by atoms with Crippen LogP contribution in [0.5, 0.6) is 0 Å². The van der Waals surface area contributed by atoms with Crippen LogP contribution in [0.4, 0.5) is 4.39 Å². The van der Waals surface area contributed by atoms with Crippen LogP contribution in [0, 0.1) is 19.7 Å². The number of ether oxygens (including phenoxy) is 3. The van der Waals surface area contributed by atoms with E-state index in [0.29, 0.717) is 11.3 Å². The summed E-state index contributed by atoms with van der Waals surface area (Å²) >= 11 is 1.43. The molecule has 13 heteroatoms. The van der Waals surface area contributed by atoms with E-state index >= 15 is 4.39 Å². The molecule has 1 N–H and O–H groups in total. The zero-order valence-corrected chi connectivity index (χ0v) is 20.6. The zero-order valence-electron chi connectivity index (χ0n) is 19.8. The van der Waals surface area contributed by atoms with Crippen molar-refractivity contribution in [2.75, 3.05) is 6.61 Å². The Morgan fingerprint density at radius 1 is 1.19 bits per heavy atom. The van der Waals surface area contributed by atoms with Gasteiger partial charge in [-0.15, -0.1) is 11.3 Å². The average molecular weight is 524 g/mol. The maximum absolute atomic E-state index is 15.2. The molecule has 0 saturated carbocycles. The number of hydrogen-bond donors (Lipinski definition) is 1. The average Bonchev–Trinajstić information content (AvgIpc) is 3.46. The maximum atomic E-state index is 15.2. The Morgan fingerprint density at radius 2 is 2.00 bits per heavy atom. The number of aliphatic hydroxyl groups excluding tert-OH is 1. The molecule has 0 radical (unpaired) electrons. The molecule has 6 atom stereocenters. The van der Waals surface area contributed by atoms with Gasteiger partial charge in [0.05, 0.1) is 34.0 Å². The smallest absolute Gasteiger partial charge is 0.184 e. The minimum Gasteiger partial charge on any atom is -0.389 e. The number of aromatic nitrogens is 4. The Bertz CT molecular complexity index is 1510. The fourth-order valence-electron chi connectivity index (χ4n) is 4.81. The first-order valence-electron chi connectivity index (χ1n) is 11.6. The summed E-state index contributed by atoms with van der Waals surface area (Å²) in [5.74, 6) is -0.0199. The van der Waals surface area contributed by atoms with Gasteiger partial charge in [0.25, 0.3) is 0 Å². The van der Waals surface area contributed by atoms with Gasteiger partial charge in [-0.25, -0.2) is 19.0 Å². The molecule has 190 valence electrons. The number of fused-ring (bicyclic) bond motifs is 2. The number of azide groups is 1. The molecule has 1 unspecified atom stereocenters. The van der Waals surface area contributed by atoms with Crippen LogP contribution in [0.15, 0.2) is 47.6 Å². The van der Waals surface area contributed by atoms with E-state index in [9.17, 15) is 10.6 Å². The largest absolute Gasteiger partial charge is 0.389 e. The Balaban J connectivity index is 1.36. The molecule has 2 aliphatic heterocycles. The van der Waals surface area contributed by atoms with Crippen LogP contribution in [0.1, 0.15) is 34.6 Å². The number of nitrogens with zero attached hydrogens (tertiary/aromatic N) is 7. The third-order valence-electron chi connectivity index (χ3n) is 6.42. The van der Waals surface area contributed by atoms with Crippen LogP contribution in [0.2, 0.25) is 0 Å². The number of benzene rings is 2. The third kappa shape index (κ3) is 4.25. The molecule has 0 spiro atoms. The normalized spacial score (nSPS) is 27.6. The van der Waals surface area contributed by atoms with E-state index in [4.69, 9.17) is 14.2 Å². The van der Waals surface area contributed by atoms with Gasteiger partial charge in [-0.2, -0.15) is 5.10 Å². The number of aryl methyl sites for hydroxylation is 2. The van der Waals surface area contributed by atoms with Gasteiger partial charge < -0.3 is 19.3 Å². The lowest BCUT2D eigenvalue weighted by Crippen LogP contribution is -2.58. The quantitative estimate of drug-likeness (QED) is 0.240. The monoisotopic (exact) mass is 523 g/mol. The Morgan fingerprint density at radius 3 is 2.78 bits per heavy atom. The lowest BCUT2D eigenvalue weighted by Gasteiger charge is -2.46. The fraction of sp³-hybridized carbons (Fsp3) is 0.375. The highest BCUT2D eigenvalue weighted by Gasteiger charge is 2.51. The molecule has 2 saturated heterocycles. The molecule has 4 aromatic rings. The summed E-state index contributed by atoms with van der Waals surface area (Å²) < 4.78 is 35.5. The van der Waals surface area contributed by atoms with E-state index in [-0.39, 0.29) is 18.1 Å². The predicted octanol–water partition coefficient (Wildman–Crippen LogP) is 4.23. The summed E-state index contributed by atoms with van der Waals surface area (Å²) in [6, 6.07) is 11.3. The van der Waals surface area contributed by atoms with Gasteiger partial charge in [0.2, 0.25) is 0 Å². The molecule has 2 aromatic carbocycles. The Hall–Kier alpha value is -3.45. The first-order chi connectivity index (χ1) is 17.9. The second-order valence-electron chi connectivity index (χ2n) is 8.89. The minimum absolute atomic E-state index is 0.123. The maximum Gasteiger partial charge on any atom is 0.184 e. The molecule has 2 aromatic heterocycles. The summed E-state index contributed by atoms with van der Waals surface area (Å²) in [5.41, 5.74) is 10.8. The van der Waals surface area contributed by atoms with Crippen LogP contribution in [-0.2, 0) is 14.2 Å². The molecule has 4 heterocycles. The standard InChI is InChI=1S/C24H22FN7O4S/c1-11-27-23(32(30-11)16-9-18-15(8-14(16)25)28-12(2)37-18)22-20(33)19(29-31-26)21-17(35-22)10-34-24(36-21)13-6-4-3-5-7-13/h3-9,17,19-22,24,33H,10H2,1-2H3/t17-,19-,20-,21+,22-,24?/m1/s1. The van der Waals surface area contributed by atoms with E-state index in [1.807, 2.05) is 37.3 Å². The lowest BCUT2D eigenvalue weighted by molar-refractivity contribution is -0.309. The van der Waals surface area contributed by atoms with Crippen molar-refractivity contribution in [3.05, 3.63) is 80.9 Å². The topological polar surface area (TPSA) is 140 Å². The number of thiazole rings is 1. The molecule has 11 nitrogen and oxygen atoms in total. The molecule has 6 rings (SSSR count). The van der Waals surface area contributed by atoms with E-state index in [0.717, 1.165) is 15.3 Å². The van der Waals surface area contributed by atoms with Gasteiger partial charge in [0.1, 0.15) is 29.8 Å². The van der Waals surface area contributed by atoms with Gasteiger partial charge in [-0.05, 0) is 25.4 Å². The van der Waals surface area contributed by atoms with Crippen molar-refractivity contribution in [2.45, 2.75) is 50.6 Å². The van der Waals surface area contributed by atoms with Crippen LogP contribution >= 0.6 is 11.3 Å². The van der Waals surface area contributed by atoms with Crippen molar-refractivity contribution >= 4 is 21.6 Å².